The van der Waals surface area contributed by atoms with Gasteiger partial charge in [0, 0.05) is 26.2 Å². The Morgan fingerprint density at radius 3 is 2.68 bits per heavy atom. The number of amides is 2. The minimum atomic E-state index is -0.483. The van der Waals surface area contributed by atoms with E-state index in [1.807, 2.05) is 29.2 Å². The Morgan fingerprint density at radius 1 is 1.19 bits per heavy atom. The van der Waals surface area contributed by atoms with Crippen LogP contribution >= 0.6 is 11.3 Å². The number of carbonyl (C=O) groups is 2. The predicted octanol–water partition coefficient (Wildman–Crippen LogP) is 2.57. The molecule has 2 aromatic heterocycles. The predicted molar refractivity (Wildman–Crippen MR) is 120 cm³/mol. The molecule has 1 aromatic carbocycles. The number of piperidine rings is 1. The lowest BCUT2D eigenvalue weighted by Crippen LogP contribution is -2.47. The van der Waals surface area contributed by atoms with E-state index >= 15 is 0 Å². The Labute approximate surface area is 182 Å². The van der Waals surface area contributed by atoms with Crippen LogP contribution in [0.25, 0.3) is 11.0 Å². The molecular weight excluding hydrogens is 418 g/mol. The number of esters is 1. The van der Waals surface area contributed by atoms with Gasteiger partial charge in [-0.1, -0.05) is 12.1 Å². The molecular formula is C21H23N5O4S. The average Bonchev–Trinajstić information content (AvgIpc) is 3.24. The summed E-state index contributed by atoms with van der Waals surface area (Å²) < 4.78 is 6.35. The fourth-order valence-corrected chi connectivity index (χ4v) is 4.47. The number of aromatic nitrogens is 2. The number of carbonyl (C=O) groups excluding carboxylic acids is 2. The summed E-state index contributed by atoms with van der Waals surface area (Å²) in [7, 11) is 3.05. The fourth-order valence-electron chi connectivity index (χ4n) is 3.71. The summed E-state index contributed by atoms with van der Waals surface area (Å²) >= 11 is 1.21. The van der Waals surface area contributed by atoms with Gasteiger partial charge in [-0.2, -0.15) is 0 Å². The zero-order chi connectivity index (χ0) is 22.0. The van der Waals surface area contributed by atoms with Crippen LogP contribution in [-0.2, 0) is 11.8 Å². The number of hydrogen-bond donors (Lipinski definition) is 2. The highest BCUT2D eigenvalue weighted by Crippen LogP contribution is 2.23. The van der Waals surface area contributed by atoms with Crippen molar-refractivity contribution in [2.45, 2.75) is 18.9 Å². The maximum atomic E-state index is 12.8. The van der Waals surface area contributed by atoms with Crippen LogP contribution in [0, 0.1) is 0 Å². The van der Waals surface area contributed by atoms with Crippen LogP contribution in [0.2, 0.25) is 0 Å². The largest absolute Gasteiger partial charge is 0.465 e. The fraction of sp³-hybridized carbons (Fsp3) is 0.333. The molecule has 4 rings (SSSR count). The van der Waals surface area contributed by atoms with Crippen molar-refractivity contribution in [1.82, 2.24) is 14.9 Å². The summed E-state index contributed by atoms with van der Waals surface area (Å²) in [6.07, 6.45) is 1.36. The van der Waals surface area contributed by atoms with Crippen LogP contribution in [0.5, 0.6) is 0 Å². The Bertz CT molecular complexity index is 1180. The van der Waals surface area contributed by atoms with Crippen LogP contribution in [-0.4, -0.2) is 47.8 Å². The number of nitrogens with zero attached hydrogens (tertiary/aromatic N) is 3. The number of fused-ring (bicyclic) bond motifs is 1. The van der Waals surface area contributed by atoms with E-state index in [1.54, 1.807) is 23.1 Å². The van der Waals surface area contributed by atoms with E-state index in [0.29, 0.717) is 42.3 Å². The van der Waals surface area contributed by atoms with Gasteiger partial charge in [-0.05, 0) is 36.4 Å². The first-order valence-corrected chi connectivity index (χ1v) is 10.8. The number of rotatable bonds is 4. The second kappa shape index (κ2) is 8.76. The standard InChI is InChI=1S/C21H23N5O4S/c1-25-16-6-4-3-5-14(16)23-18(19(25)27)26-10-7-13(8-11-26)22-21(29)24-15-9-12-31-17(15)20(28)30-2/h3-6,9,12-13H,7-8,10-11H2,1-2H3,(H2,22,24,29). The highest BCUT2D eigenvalue weighted by atomic mass is 32.1. The van der Waals surface area contributed by atoms with Crippen molar-refractivity contribution in [3.8, 4) is 0 Å². The third-order valence-electron chi connectivity index (χ3n) is 5.38. The molecule has 10 heteroatoms. The SMILES string of the molecule is COC(=O)c1sccc1NC(=O)NC1CCN(c2nc3ccccc3n(C)c2=O)CC1. The molecule has 2 amide bonds. The lowest BCUT2D eigenvalue weighted by molar-refractivity contribution is 0.0607. The smallest absolute Gasteiger partial charge is 0.350 e. The number of nitrogens with one attached hydrogen (secondary N) is 2. The first-order chi connectivity index (χ1) is 15.0. The lowest BCUT2D eigenvalue weighted by atomic mass is 10.1. The summed E-state index contributed by atoms with van der Waals surface area (Å²) in [6.45, 7) is 1.22. The Morgan fingerprint density at radius 2 is 1.94 bits per heavy atom. The second-order valence-corrected chi connectivity index (χ2v) is 8.22. The molecule has 0 bridgehead atoms. The van der Waals surface area contributed by atoms with E-state index in [9.17, 15) is 14.4 Å². The maximum absolute atomic E-state index is 12.8. The molecule has 3 heterocycles. The quantitative estimate of drug-likeness (QED) is 0.603. The molecule has 0 radical (unpaired) electrons. The van der Waals surface area contributed by atoms with Crippen molar-refractivity contribution in [2.24, 2.45) is 7.05 Å². The van der Waals surface area contributed by atoms with Crippen LogP contribution < -0.4 is 21.1 Å². The number of benzene rings is 1. The maximum Gasteiger partial charge on any atom is 0.350 e. The molecule has 1 saturated heterocycles. The number of ether oxygens (including phenoxy) is 1. The molecule has 0 atom stereocenters. The van der Waals surface area contributed by atoms with Crippen LogP contribution in [0.1, 0.15) is 22.5 Å². The molecule has 9 nitrogen and oxygen atoms in total. The number of thiophene rings is 1. The van der Waals surface area contributed by atoms with Crippen molar-refractivity contribution in [1.29, 1.82) is 0 Å². The van der Waals surface area contributed by atoms with Crippen molar-refractivity contribution >= 4 is 45.9 Å². The topological polar surface area (TPSA) is 106 Å². The molecule has 31 heavy (non-hydrogen) atoms. The van der Waals surface area contributed by atoms with E-state index in [2.05, 4.69) is 15.6 Å². The summed E-state index contributed by atoms with van der Waals surface area (Å²) in [4.78, 5) is 43.8. The van der Waals surface area contributed by atoms with E-state index < -0.39 is 5.97 Å². The first-order valence-electron chi connectivity index (χ1n) is 9.92. The van der Waals surface area contributed by atoms with Gasteiger partial charge in [0.2, 0.25) is 0 Å². The number of aryl methyl sites for hydroxylation is 1. The molecule has 0 spiro atoms. The molecule has 3 aromatic rings. The number of hydrogen-bond acceptors (Lipinski definition) is 7. The van der Waals surface area contributed by atoms with Gasteiger partial charge in [-0.15, -0.1) is 11.3 Å². The number of anilines is 2. The van der Waals surface area contributed by atoms with Gasteiger partial charge in [0.05, 0.1) is 23.8 Å². The molecule has 1 aliphatic heterocycles. The number of methoxy groups -OCH3 is 1. The third kappa shape index (κ3) is 4.24. The van der Waals surface area contributed by atoms with Gasteiger partial charge >= 0.3 is 12.0 Å². The summed E-state index contributed by atoms with van der Waals surface area (Å²) in [6, 6.07) is 8.81. The van der Waals surface area contributed by atoms with E-state index in [1.165, 1.54) is 18.4 Å². The van der Waals surface area contributed by atoms with Gasteiger partial charge < -0.3 is 24.8 Å². The van der Waals surface area contributed by atoms with E-state index in [0.717, 1.165) is 11.0 Å². The second-order valence-electron chi connectivity index (χ2n) is 7.30. The molecule has 0 saturated carbocycles. The highest BCUT2D eigenvalue weighted by Gasteiger charge is 2.25. The molecule has 162 valence electrons. The van der Waals surface area contributed by atoms with Crippen LogP contribution in [0.4, 0.5) is 16.3 Å². The van der Waals surface area contributed by atoms with Gasteiger partial charge in [-0.3, -0.25) is 4.79 Å². The molecule has 1 aliphatic rings. The lowest BCUT2D eigenvalue weighted by Gasteiger charge is -2.33. The zero-order valence-electron chi connectivity index (χ0n) is 17.3. The minimum absolute atomic E-state index is 0.0410. The third-order valence-corrected chi connectivity index (χ3v) is 6.27. The van der Waals surface area contributed by atoms with Crippen molar-refractivity contribution in [3.63, 3.8) is 0 Å². The first kappa shape index (κ1) is 20.9. The van der Waals surface area contributed by atoms with Crippen LogP contribution in [0.3, 0.4) is 0 Å². The normalized spacial score (nSPS) is 14.5. The van der Waals surface area contributed by atoms with Crippen molar-refractivity contribution < 1.29 is 14.3 Å². The Balaban J connectivity index is 1.38. The highest BCUT2D eigenvalue weighted by molar-refractivity contribution is 7.12. The molecule has 1 fully saturated rings. The van der Waals surface area contributed by atoms with Crippen molar-refractivity contribution in [2.75, 3.05) is 30.4 Å². The number of urea groups is 1. The van der Waals surface area contributed by atoms with E-state index in [4.69, 9.17) is 4.74 Å². The monoisotopic (exact) mass is 441 g/mol. The molecule has 0 aliphatic carbocycles. The average molecular weight is 442 g/mol. The van der Waals surface area contributed by atoms with Gasteiger partial charge in [-0.25, -0.2) is 14.6 Å². The number of para-hydroxylation sites is 2. The van der Waals surface area contributed by atoms with Gasteiger partial charge in [0.15, 0.2) is 5.82 Å². The van der Waals surface area contributed by atoms with Crippen molar-refractivity contribution in [3.05, 3.63) is 50.9 Å². The van der Waals surface area contributed by atoms with Crippen LogP contribution in [0.15, 0.2) is 40.5 Å². The summed E-state index contributed by atoms with van der Waals surface area (Å²) in [5.74, 6) is -0.0480. The Kier molecular flexibility index (Phi) is 5.90. The van der Waals surface area contributed by atoms with Gasteiger partial charge in [0.1, 0.15) is 4.88 Å². The summed E-state index contributed by atoms with van der Waals surface area (Å²) in [5.41, 5.74) is 1.87. The molecule has 0 unspecified atom stereocenters. The van der Waals surface area contributed by atoms with Gasteiger partial charge in [0.25, 0.3) is 5.56 Å². The summed E-state index contributed by atoms with van der Waals surface area (Å²) in [5, 5.41) is 7.37. The van der Waals surface area contributed by atoms with E-state index in [-0.39, 0.29) is 17.6 Å². The minimum Gasteiger partial charge on any atom is -0.465 e. The Hall–Kier alpha value is -3.40. The zero-order valence-corrected chi connectivity index (χ0v) is 18.1. The molecule has 2 N–H and O–H groups in total.